The Labute approximate surface area is 104 Å². The van der Waals surface area contributed by atoms with Gasteiger partial charge in [0.25, 0.3) is 0 Å². The van der Waals surface area contributed by atoms with Crippen molar-refractivity contribution in [3.63, 3.8) is 0 Å². The first-order valence-corrected chi connectivity index (χ1v) is 5.57. The number of nitriles is 1. The topological polar surface area (TPSA) is 74.2 Å². The Kier molecular flexibility index (Phi) is 2.84. The van der Waals surface area contributed by atoms with Gasteiger partial charge in [0.05, 0.1) is 23.3 Å². The second kappa shape index (κ2) is 4.19. The maximum atomic E-state index is 11.1. The van der Waals surface area contributed by atoms with Crippen molar-refractivity contribution >= 4 is 16.7 Å². The number of carboxylic acids is 1. The molecule has 1 N–H and O–H groups in total. The van der Waals surface area contributed by atoms with Crippen molar-refractivity contribution < 1.29 is 14.3 Å². The van der Waals surface area contributed by atoms with Crippen LogP contribution in [0.25, 0.3) is 10.8 Å². The van der Waals surface area contributed by atoms with Crippen LogP contribution in [0.3, 0.4) is 0 Å². The summed E-state index contributed by atoms with van der Waals surface area (Å²) in [5.41, 5.74) is -0.314. The Morgan fingerprint density at radius 2 is 2.22 bits per heavy atom. The molecule has 0 bridgehead atoms. The predicted octanol–water partition coefficient (Wildman–Crippen LogP) is 2.96. The van der Waals surface area contributed by atoms with Crippen LogP contribution in [0.2, 0.25) is 0 Å². The van der Waals surface area contributed by atoms with E-state index in [9.17, 15) is 4.79 Å². The number of nitrogens with zero attached hydrogens (tertiary/aromatic N) is 1. The van der Waals surface area contributed by atoms with E-state index in [-0.39, 0.29) is 0 Å². The zero-order valence-electron chi connectivity index (χ0n) is 10.2. The number of benzene rings is 1. The summed E-state index contributed by atoms with van der Waals surface area (Å²) >= 11 is 0. The van der Waals surface area contributed by atoms with Gasteiger partial charge in [0.1, 0.15) is 5.76 Å². The van der Waals surface area contributed by atoms with Gasteiger partial charge < -0.3 is 9.52 Å². The summed E-state index contributed by atoms with van der Waals surface area (Å²) in [5, 5.41) is 19.6. The fraction of sp³-hybridized carbons (Fsp3) is 0.286. The van der Waals surface area contributed by atoms with E-state index in [1.807, 2.05) is 0 Å². The number of hydrogen-bond donors (Lipinski definition) is 1. The zero-order valence-corrected chi connectivity index (χ0v) is 10.2. The maximum absolute atomic E-state index is 11.1. The van der Waals surface area contributed by atoms with Gasteiger partial charge in [0.2, 0.25) is 0 Å². The van der Waals surface area contributed by atoms with Crippen LogP contribution in [0.1, 0.15) is 25.2 Å². The molecule has 0 aliphatic heterocycles. The van der Waals surface area contributed by atoms with Gasteiger partial charge in [-0.3, -0.25) is 4.79 Å². The molecule has 92 valence electrons. The van der Waals surface area contributed by atoms with E-state index in [0.717, 1.165) is 10.8 Å². The Balaban J connectivity index is 2.42. The molecule has 2 aromatic rings. The fourth-order valence-electron chi connectivity index (χ4n) is 1.80. The summed E-state index contributed by atoms with van der Waals surface area (Å²) in [6.07, 6.45) is 1.88. The predicted molar refractivity (Wildman–Crippen MR) is 66.0 cm³/mol. The van der Waals surface area contributed by atoms with E-state index < -0.39 is 11.4 Å². The quantitative estimate of drug-likeness (QED) is 0.899. The molecule has 2 rings (SSSR count). The number of rotatable bonds is 3. The number of fused-ring (bicyclic) bond motifs is 1. The largest absolute Gasteiger partial charge is 0.481 e. The zero-order chi connectivity index (χ0) is 13.3. The van der Waals surface area contributed by atoms with Crippen LogP contribution in [0.4, 0.5) is 0 Å². The van der Waals surface area contributed by atoms with Crippen LogP contribution in [-0.2, 0) is 11.2 Å². The van der Waals surface area contributed by atoms with Gasteiger partial charge in [-0.05, 0) is 32.0 Å². The van der Waals surface area contributed by atoms with Crippen LogP contribution in [-0.4, -0.2) is 11.1 Å². The second-order valence-electron chi connectivity index (χ2n) is 4.94. The first-order chi connectivity index (χ1) is 8.44. The number of furan rings is 1. The molecule has 0 amide bonds. The first kappa shape index (κ1) is 12.2. The smallest absolute Gasteiger partial charge is 0.309 e. The van der Waals surface area contributed by atoms with Crippen LogP contribution in [0.15, 0.2) is 28.9 Å². The molecule has 0 fully saturated rings. The van der Waals surface area contributed by atoms with E-state index in [2.05, 4.69) is 6.07 Å². The van der Waals surface area contributed by atoms with E-state index in [1.165, 1.54) is 0 Å². The number of carboxylic acid groups (broad SMARTS) is 1. The normalized spacial score (nSPS) is 11.4. The molecule has 0 atom stereocenters. The summed E-state index contributed by atoms with van der Waals surface area (Å²) < 4.78 is 5.43. The minimum absolute atomic E-state index is 0.317. The summed E-state index contributed by atoms with van der Waals surface area (Å²) in [6, 6.07) is 7.29. The Hall–Kier alpha value is -2.28. The van der Waals surface area contributed by atoms with E-state index in [1.54, 1.807) is 38.3 Å². The molecule has 0 saturated heterocycles. The van der Waals surface area contributed by atoms with Crippen molar-refractivity contribution in [2.24, 2.45) is 5.41 Å². The summed E-state index contributed by atoms with van der Waals surface area (Å²) in [4.78, 5) is 11.1. The first-order valence-electron chi connectivity index (χ1n) is 5.57. The summed E-state index contributed by atoms with van der Waals surface area (Å²) in [6.45, 7) is 3.32. The molecular weight excluding hydrogens is 230 g/mol. The van der Waals surface area contributed by atoms with Gasteiger partial charge in [-0.1, -0.05) is 0 Å². The molecule has 1 aromatic carbocycles. The van der Waals surface area contributed by atoms with E-state index >= 15 is 0 Å². The Morgan fingerprint density at radius 3 is 2.83 bits per heavy atom. The summed E-state index contributed by atoms with van der Waals surface area (Å²) in [5.74, 6) is -0.220. The molecule has 4 nitrogen and oxygen atoms in total. The average Bonchev–Trinajstić information content (AvgIpc) is 2.71. The summed E-state index contributed by atoms with van der Waals surface area (Å²) in [7, 11) is 0. The lowest BCUT2D eigenvalue weighted by atomic mass is 9.87. The molecule has 0 aliphatic carbocycles. The molecular formula is C14H13NO3. The molecule has 0 radical (unpaired) electrons. The van der Waals surface area contributed by atoms with Crippen molar-refractivity contribution in [2.45, 2.75) is 20.3 Å². The molecule has 1 aromatic heterocycles. The standard InChI is InChI=1S/C14H13NO3/c1-14(2,13(16)17)6-12-11-4-3-9(7-15)5-10(11)8-18-12/h3-5,8H,6H2,1-2H3,(H,16,17). The monoisotopic (exact) mass is 243 g/mol. The average molecular weight is 243 g/mol. The van der Waals surface area contributed by atoms with Gasteiger partial charge in [0.15, 0.2) is 0 Å². The highest BCUT2D eigenvalue weighted by Gasteiger charge is 2.29. The van der Waals surface area contributed by atoms with Gasteiger partial charge in [-0.25, -0.2) is 0 Å². The highest BCUT2D eigenvalue weighted by molar-refractivity contribution is 5.86. The highest BCUT2D eigenvalue weighted by Crippen LogP contribution is 2.29. The van der Waals surface area contributed by atoms with Gasteiger partial charge in [0, 0.05) is 17.2 Å². The van der Waals surface area contributed by atoms with Gasteiger partial charge in [-0.15, -0.1) is 0 Å². The second-order valence-corrected chi connectivity index (χ2v) is 4.94. The van der Waals surface area contributed by atoms with Crippen LogP contribution in [0, 0.1) is 16.7 Å². The van der Waals surface area contributed by atoms with Crippen molar-refractivity contribution in [3.8, 4) is 6.07 Å². The third-order valence-electron chi connectivity index (χ3n) is 2.99. The number of carbonyl (C=O) groups is 1. The minimum atomic E-state index is -0.876. The lowest BCUT2D eigenvalue weighted by molar-refractivity contribution is -0.147. The van der Waals surface area contributed by atoms with Crippen molar-refractivity contribution in [3.05, 3.63) is 35.8 Å². The van der Waals surface area contributed by atoms with Crippen molar-refractivity contribution in [1.29, 1.82) is 5.26 Å². The van der Waals surface area contributed by atoms with Crippen molar-refractivity contribution in [1.82, 2.24) is 0 Å². The van der Waals surface area contributed by atoms with Gasteiger partial charge in [-0.2, -0.15) is 5.26 Å². The lowest BCUT2D eigenvalue weighted by Crippen LogP contribution is -2.26. The fourth-order valence-corrected chi connectivity index (χ4v) is 1.80. The molecule has 0 spiro atoms. The highest BCUT2D eigenvalue weighted by atomic mass is 16.4. The molecule has 1 heterocycles. The van der Waals surface area contributed by atoms with Crippen LogP contribution in [0.5, 0.6) is 0 Å². The van der Waals surface area contributed by atoms with Crippen LogP contribution < -0.4 is 0 Å². The molecule has 0 saturated carbocycles. The molecule has 0 unspecified atom stereocenters. The Morgan fingerprint density at radius 1 is 1.50 bits per heavy atom. The molecule has 0 aliphatic rings. The minimum Gasteiger partial charge on any atom is -0.481 e. The number of aliphatic carboxylic acids is 1. The SMILES string of the molecule is CC(C)(Cc1occ2cc(C#N)ccc12)C(=O)O. The molecule has 18 heavy (non-hydrogen) atoms. The number of hydrogen-bond acceptors (Lipinski definition) is 3. The maximum Gasteiger partial charge on any atom is 0.309 e. The van der Waals surface area contributed by atoms with Crippen molar-refractivity contribution in [2.75, 3.05) is 0 Å². The third-order valence-corrected chi connectivity index (χ3v) is 2.99. The van der Waals surface area contributed by atoms with Crippen LogP contribution >= 0.6 is 0 Å². The van der Waals surface area contributed by atoms with Gasteiger partial charge >= 0.3 is 5.97 Å². The van der Waals surface area contributed by atoms with E-state index in [4.69, 9.17) is 14.8 Å². The Bertz CT molecular complexity index is 647. The third kappa shape index (κ3) is 2.07. The molecule has 4 heteroatoms. The lowest BCUT2D eigenvalue weighted by Gasteiger charge is -2.17. The van der Waals surface area contributed by atoms with E-state index in [0.29, 0.717) is 17.7 Å².